The van der Waals surface area contributed by atoms with Gasteiger partial charge in [-0.25, -0.2) is 0 Å². The molecule has 3 N–H and O–H groups in total. The van der Waals surface area contributed by atoms with Crippen LogP contribution in [0.25, 0.3) is 0 Å². The Balaban J connectivity index is 2.03. The molecule has 27 heavy (non-hydrogen) atoms. The summed E-state index contributed by atoms with van der Waals surface area (Å²) in [4.78, 5) is 36.5. The average molecular weight is 367 g/mol. The van der Waals surface area contributed by atoms with Crippen LogP contribution >= 0.6 is 0 Å². The summed E-state index contributed by atoms with van der Waals surface area (Å²) in [6.45, 7) is 7.10. The van der Waals surface area contributed by atoms with Crippen LogP contribution in [0.5, 0.6) is 0 Å². The van der Waals surface area contributed by atoms with Gasteiger partial charge in [-0.15, -0.1) is 0 Å². The second-order valence-electron chi connectivity index (χ2n) is 6.72. The van der Waals surface area contributed by atoms with E-state index < -0.39 is 6.04 Å². The highest BCUT2D eigenvalue weighted by Crippen LogP contribution is 2.21. The van der Waals surface area contributed by atoms with E-state index in [2.05, 4.69) is 16.0 Å². The summed E-state index contributed by atoms with van der Waals surface area (Å²) in [7, 11) is 0. The smallest absolute Gasteiger partial charge is 0.251 e. The maximum atomic E-state index is 12.5. The monoisotopic (exact) mass is 367 g/mol. The third-order valence-electron chi connectivity index (χ3n) is 4.06. The van der Waals surface area contributed by atoms with Crippen LogP contribution in [0.15, 0.2) is 48.5 Å². The number of carbonyl (C=O) groups excluding carboxylic acids is 3. The van der Waals surface area contributed by atoms with Gasteiger partial charge in [-0.1, -0.05) is 38.1 Å². The van der Waals surface area contributed by atoms with E-state index in [0.29, 0.717) is 16.9 Å². The molecule has 6 heteroatoms. The predicted molar refractivity (Wildman–Crippen MR) is 107 cm³/mol. The van der Waals surface area contributed by atoms with Crippen LogP contribution in [0.4, 0.5) is 11.4 Å². The molecule has 6 nitrogen and oxygen atoms in total. The summed E-state index contributed by atoms with van der Waals surface area (Å²) in [5.74, 6) is -0.889. The van der Waals surface area contributed by atoms with Gasteiger partial charge in [0.2, 0.25) is 11.8 Å². The van der Waals surface area contributed by atoms with E-state index in [1.54, 1.807) is 43.3 Å². The van der Waals surface area contributed by atoms with Gasteiger partial charge in [0, 0.05) is 22.9 Å². The largest absolute Gasteiger partial charge is 0.341 e. The number of hydrogen-bond acceptors (Lipinski definition) is 3. The molecule has 0 saturated carbocycles. The minimum atomic E-state index is -0.717. The van der Waals surface area contributed by atoms with Crippen molar-refractivity contribution in [1.82, 2.24) is 5.32 Å². The molecule has 1 atom stereocenters. The van der Waals surface area contributed by atoms with Crippen LogP contribution < -0.4 is 16.0 Å². The van der Waals surface area contributed by atoms with Crippen molar-refractivity contribution < 1.29 is 14.4 Å². The summed E-state index contributed by atoms with van der Waals surface area (Å²) >= 11 is 0. The van der Waals surface area contributed by atoms with Crippen LogP contribution in [0.2, 0.25) is 0 Å². The maximum Gasteiger partial charge on any atom is 0.251 e. The first-order valence-corrected chi connectivity index (χ1v) is 8.86. The summed E-state index contributed by atoms with van der Waals surface area (Å²) in [6.07, 6.45) is 0. The molecule has 0 fully saturated rings. The molecule has 0 aliphatic heterocycles. The number of carbonyl (C=O) groups is 3. The Hall–Kier alpha value is -3.15. The van der Waals surface area contributed by atoms with Crippen LogP contribution in [0, 0.1) is 12.8 Å². The lowest BCUT2D eigenvalue weighted by molar-refractivity contribution is -0.119. The summed E-state index contributed by atoms with van der Waals surface area (Å²) in [6, 6.07) is 13.3. The van der Waals surface area contributed by atoms with Crippen molar-refractivity contribution in [3.05, 3.63) is 59.7 Å². The molecule has 142 valence electrons. The minimum Gasteiger partial charge on any atom is -0.341 e. The van der Waals surface area contributed by atoms with E-state index in [0.717, 1.165) is 5.56 Å². The topological polar surface area (TPSA) is 87.3 Å². The van der Waals surface area contributed by atoms with Gasteiger partial charge < -0.3 is 16.0 Å². The molecule has 0 saturated heterocycles. The number of hydrogen-bond donors (Lipinski definition) is 3. The predicted octanol–water partition coefficient (Wildman–Crippen LogP) is 3.35. The number of amides is 3. The molecule has 0 aliphatic carbocycles. The van der Waals surface area contributed by atoms with Crippen LogP contribution in [-0.4, -0.2) is 23.8 Å². The van der Waals surface area contributed by atoms with Gasteiger partial charge in [0.05, 0.1) is 0 Å². The van der Waals surface area contributed by atoms with E-state index in [1.165, 1.54) is 0 Å². The molecule has 0 spiro atoms. The second kappa shape index (κ2) is 8.98. The molecule has 2 aromatic carbocycles. The molecular weight excluding hydrogens is 342 g/mol. The zero-order chi connectivity index (χ0) is 20.0. The van der Waals surface area contributed by atoms with Crippen molar-refractivity contribution in [1.29, 1.82) is 0 Å². The first kappa shape index (κ1) is 20.2. The lowest BCUT2D eigenvalue weighted by atomic mass is 10.1. The Labute approximate surface area is 159 Å². The Morgan fingerprint density at radius 3 is 2.15 bits per heavy atom. The van der Waals surface area contributed by atoms with Gasteiger partial charge >= 0.3 is 0 Å². The number of anilines is 2. The summed E-state index contributed by atoms with van der Waals surface area (Å²) < 4.78 is 0. The lowest BCUT2D eigenvalue weighted by Crippen LogP contribution is -2.41. The number of nitrogens with one attached hydrogen (secondary N) is 3. The highest BCUT2D eigenvalue weighted by Gasteiger charge is 2.17. The second-order valence-corrected chi connectivity index (χ2v) is 6.72. The van der Waals surface area contributed by atoms with Crippen molar-refractivity contribution >= 4 is 29.1 Å². The van der Waals surface area contributed by atoms with Gasteiger partial charge in [0.1, 0.15) is 6.04 Å². The van der Waals surface area contributed by atoms with Crippen LogP contribution in [0.3, 0.4) is 0 Å². The fourth-order valence-corrected chi connectivity index (χ4v) is 2.30. The Bertz CT molecular complexity index is 832. The van der Waals surface area contributed by atoms with Crippen molar-refractivity contribution in [2.75, 3.05) is 10.6 Å². The van der Waals surface area contributed by atoms with Crippen LogP contribution in [-0.2, 0) is 9.59 Å². The standard InChI is InChI=1S/C21H25N3O3/c1-13(2)19(25)23-17-11-10-14(3)18(12-17)24-20(26)15(4)22-21(27)16-8-6-5-7-9-16/h5-13,15H,1-4H3,(H,22,27)(H,23,25)(H,24,26). The Morgan fingerprint density at radius 1 is 0.852 bits per heavy atom. The summed E-state index contributed by atoms with van der Waals surface area (Å²) in [5, 5.41) is 8.29. The number of rotatable bonds is 6. The van der Waals surface area contributed by atoms with E-state index in [1.807, 2.05) is 32.9 Å². The van der Waals surface area contributed by atoms with Gasteiger partial charge in [0.25, 0.3) is 5.91 Å². The fourth-order valence-electron chi connectivity index (χ4n) is 2.30. The van der Waals surface area contributed by atoms with Crippen molar-refractivity contribution in [2.45, 2.75) is 33.7 Å². The average Bonchev–Trinajstić information content (AvgIpc) is 2.64. The van der Waals surface area contributed by atoms with Crippen molar-refractivity contribution in [3.63, 3.8) is 0 Å². The highest BCUT2D eigenvalue weighted by molar-refractivity contribution is 6.01. The zero-order valence-corrected chi connectivity index (χ0v) is 16.0. The lowest BCUT2D eigenvalue weighted by Gasteiger charge is -2.16. The molecule has 0 aromatic heterocycles. The molecule has 3 amide bonds. The molecule has 1 unspecified atom stereocenters. The molecule has 2 rings (SSSR count). The normalized spacial score (nSPS) is 11.6. The number of benzene rings is 2. The van der Waals surface area contributed by atoms with E-state index in [4.69, 9.17) is 0 Å². The van der Waals surface area contributed by atoms with E-state index in [9.17, 15) is 14.4 Å². The van der Waals surface area contributed by atoms with E-state index >= 15 is 0 Å². The molecule has 0 radical (unpaired) electrons. The van der Waals surface area contributed by atoms with Crippen molar-refractivity contribution in [2.24, 2.45) is 5.92 Å². The van der Waals surface area contributed by atoms with Gasteiger partial charge in [-0.05, 0) is 43.7 Å². The molecule has 0 heterocycles. The molecule has 0 bridgehead atoms. The summed E-state index contributed by atoms with van der Waals surface area (Å²) in [5.41, 5.74) is 2.54. The third kappa shape index (κ3) is 5.67. The SMILES string of the molecule is Cc1ccc(NC(=O)C(C)C)cc1NC(=O)C(C)NC(=O)c1ccccc1. The van der Waals surface area contributed by atoms with Gasteiger partial charge in [0.15, 0.2) is 0 Å². The first-order valence-electron chi connectivity index (χ1n) is 8.86. The molecular formula is C21H25N3O3. The fraction of sp³-hybridized carbons (Fsp3) is 0.286. The van der Waals surface area contributed by atoms with Crippen molar-refractivity contribution in [3.8, 4) is 0 Å². The molecule has 0 aliphatic rings. The zero-order valence-electron chi connectivity index (χ0n) is 16.0. The highest BCUT2D eigenvalue weighted by atomic mass is 16.2. The minimum absolute atomic E-state index is 0.0976. The van der Waals surface area contributed by atoms with Gasteiger partial charge in [-0.3, -0.25) is 14.4 Å². The number of aryl methyl sites for hydroxylation is 1. The Kier molecular flexibility index (Phi) is 6.71. The first-order chi connectivity index (χ1) is 12.8. The maximum absolute atomic E-state index is 12.5. The molecule has 2 aromatic rings. The Morgan fingerprint density at radius 2 is 1.52 bits per heavy atom. The third-order valence-corrected chi connectivity index (χ3v) is 4.06. The van der Waals surface area contributed by atoms with Crippen LogP contribution in [0.1, 0.15) is 36.7 Å². The van der Waals surface area contributed by atoms with E-state index in [-0.39, 0.29) is 23.6 Å². The quantitative estimate of drug-likeness (QED) is 0.732. The van der Waals surface area contributed by atoms with Gasteiger partial charge in [-0.2, -0.15) is 0 Å².